The molecule has 0 unspecified atom stereocenters. The van der Waals surface area contributed by atoms with Crippen LogP contribution in [0.5, 0.6) is 0 Å². The van der Waals surface area contributed by atoms with Crippen molar-refractivity contribution in [2.75, 3.05) is 5.32 Å². The van der Waals surface area contributed by atoms with Crippen molar-refractivity contribution in [1.29, 1.82) is 0 Å². The van der Waals surface area contributed by atoms with Gasteiger partial charge in [0, 0.05) is 11.3 Å². The van der Waals surface area contributed by atoms with Gasteiger partial charge in [0.25, 0.3) is 11.5 Å². The van der Waals surface area contributed by atoms with E-state index in [0.717, 1.165) is 12.1 Å². The number of hydrogen-bond acceptors (Lipinski definition) is 2. The van der Waals surface area contributed by atoms with E-state index in [1.54, 1.807) is 0 Å². The molecule has 27 heavy (non-hydrogen) atoms. The molecule has 11 heteroatoms. The number of halogens is 8. The van der Waals surface area contributed by atoms with Gasteiger partial charge >= 0.3 is 12.4 Å². The molecule has 0 aliphatic heterocycles. The molecule has 2 aromatic carbocycles. The first-order chi connectivity index (χ1) is 12.3. The smallest absolute Gasteiger partial charge is 0.369 e. The van der Waals surface area contributed by atoms with Crippen LogP contribution in [-0.4, -0.2) is 23.4 Å². The normalized spacial score (nSPS) is 12.8. The molecule has 0 saturated heterocycles. The van der Waals surface area contributed by atoms with Crippen molar-refractivity contribution in [2.24, 2.45) is 0 Å². The van der Waals surface area contributed by atoms with E-state index in [9.17, 15) is 36.2 Å². The van der Waals surface area contributed by atoms with Gasteiger partial charge in [0.1, 0.15) is 0 Å². The van der Waals surface area contributed by atoms with Crippen LogP contribution in [0, 0.1) is 0 Å². The topological polar surface area (TPSA) is 49.3 Å². The van der Waals surface area contributed by atoms with Crippen molar-refractivity contribution in [1.82, 2.24) is 0 Å². The zero-order valence-corrected chi connectivity index (χ0v) is 14.4. The van der Waals surface area contributed by atoms with Crippen LogP contribution in [0.15, 0.2) is 42.5 Å². The molecule has 2 aromatic rings. The van der Waals surface area contributed by atoms with Crippen molar-refractivity contribution in [3.8, 4) is 0 Å². The molecule has 3 nitrogen and oxygen atoms in total. The van der Waals surface area contributed by atoms with Crippen molar-refractivity contribution >= 4 is 34.8 Å². The molecule has 0 spiro atoms. The van der Waals surface area contributed by atoms with E-state index in [0.29, 0.717) is 12.1 Å². The summed E-state index contributed by atoms with van der Waals surface area (Å²) in [4.78, 5) is 12.2. The lowest BCUT2D eigenvalue weighted by molar-refractivity contribution is -0.376. The lowest BCUT2D eigenvalue weighted by atomic mass is 9.92. The maximum Gasteiger partial charge on any atom is 0.430 e. The Morgan fingerprint density at radius 1 is 0.852 bits per heavy atom. The Balaban J connectivity index is 2.34. The predicted octanol–water partition coefficient (Wildman–Crippen LogP) is 5.56. The van der Waals surface area contributed by atoms with Crippen LogP contribution >= 0.6 is 23.2 Å². The molecule has 2 N–H and O–H groups in total. The van der Waals surface area contributed by atoms with E-state index < -0.39 is 29.4 Å². The summed E-state index contributed by atoms with van der Waals surface area (Å²) in [6, 6.07) is 6.60. The summed E-state index contributed by atoms with van der Waals surface area (Å²) in [5.74, 6) is -0.819. The number of alkyl halides is 6. The number of nitrogens with one attached hydrogen (secondary N) is 1. The first kappa shape index (κ1) is 21.3. The molecule has 0 aliphatic rings. The van der Waals surface area contributed by atoms with Crippen LogP contribution in [0.4, 0.5) is 32.0 Å². The Morgan fingerprint density at radius 3 is 1.70 bits per heavy atom. The van der Waals surface area contributed by atoms with E-state index >= 15 is 0 Å². The third kappa shape index (κ3) is 3.99. The van der Waals surface area contributed by atoms with E-state index in [1.165, 1.54) is 18.2 Å². The first-order valence-electron chi connectivity index (χ1n) is 7.00. The molecule has 0 atom stereocenters. The van der Waals surface area contributed by atoms with Crippen LogP contribution in [0.3, 0.4) is 0 Å². The van der Waals surface area contributed by atoms with E-state index in [4.69, 9.17) is 23.2 Å². The highest BCUT2D eigenvalue weighted by Crippen LogP contribution is 2.50. The molecule has 0 heterocycles. The van der Waals surface area contributed by atoms with Gasteiger partial charge in [-0.25, -0.2) is 0 Å². The molecule has 0 radical (unpaired) electrons. The summed E-state index contributed by atoms with van der Waals surface area (Å²) >= 11 is 11.7. The molecule has 2 rings (SSSR count). The number of hydrogen-bond donors (Lipinski definition) is 2. The van der Waals surface area contributed by atoms with Crippen molar-refractivity contribution in [3.05, 3.63) is 63.6 Å². The second-order valence-electron chi connectivity index (χ2n) is 5.33. The van der Waals surface area contributed by atoms with Gasteiger partial charge < -0.3 is 10.4 Å². The number of carbonyl (C=O) groups excluding carboxylic acids is 1. The quantitative estimate of drug-likeness (QED) is 0.625. The highest BCUT2D eigenvalue weighted by atomic mass is 35.5. The SMILES string of the molecule is O=C(Nc1ccc(C(O)(C(F)(F)F)C(F)(F)F)cc1)c1c(Cl)cccc1Cl. The molecule has 0 aromatic heterocycles. The summed E-state index contributed by atoms with van der Waals surface area (Å²) in [7, 11) is 0. The van der Waals surface area contributed by atoms with Crippen LogP contribution in [0.1, 0.15) is 15.9 Å². The van der Waals surface area contributed by atoms with Gasteiger partial charge in [-0.2, -0.15) is 26.3 Å². The fourth-order valence-corrected chi connectivity index (χ4v) is 2.76. The fraction of sp³-hybridized carbons (Fsp3) is 0.188. The van der Waals surface area contributed by atoms with Gasteiger partial charge in [-0.05, 0) is 24.3 Å². The van der Waals surface area contributed by atoms with Gasteiger partial charge in [-0.15, -0.1) is 0 Å². The molecule has 0 bridgehead atoms. The number of benzene rings is 2. The predicted molar refractivity (Wildman–Crippen MR) is 86.9 cm³/mol. The minimum Gasteiger partial charge on any atom is -0.369 e. The minimum atomic E-state index is -6.00. The van der Waals surface area contributed by atoms with Gasteiger partial charge in [-0.1, -0.05) is 41.4 Å². The highest BCUT2D eigenvalue weighted by Gasteiger charge is 2.71. The molecule has 0 aliphatic carbocycles. The van der Waals surface area contributed by atoms with E-state index in [-0.39, 0.29) is 21.3 Å². The number of anilines is 1. The van der Waals surface area contributed by atoms with Gasteiger partial charge in [0.05, 0.1) is 15.6 Å². The average Bonchev–Trinajstić information content (AvgIpc) is 2.52. The fourth-order valence-electron chi connectivity index (χ4n) is 2.19. The number of amides is 1. The van der Waals surface area contributed by atoms with Crippen LogP contribution in [0.2, 0.25) is 10.0 Å². The van der Waals surface area contributed by atoms with Crippen molar-refractivity contribution in [3.63, 3.8) is 0 Å². The second kappa shape index (κ2) is 7.21. The first-order valence-corrected chi connectivity index (χ1v) is 7.76. The summed E-state index contributed by atoms with van der Waals surface area (Å²) in [6.07, 6.45) is -12.0. The van der Waals surface area contributed by atoms with Gasteiger partial charge in [-0.3, -0.25) is 4.79 Å². The van der Waals surface area contributed by atoms with Crippen LogP contribution in [0.25, 0.3) is 0 Å². The van der Waals surface area contributed by atoms with E-state index in [1.807, 2.05) is 0 Å². The summed E-state index contributed by atoms with van der Waals surface area (Å²) in [5.41, 5.74) is -6.75. The number of aliphatic hydroxyl groups is 1. The zero-order valence-electron chi connectivity index (χ0n) is 12.9. The van der Waals surface area contributed by atoms with Crippen molar-refractivity contribution in [2.45, 2.75) is 18.0 Å². The van der Waals surface area contributed by atoms with Crippen LogP contribution in [-0.2, 0) is 5.60 Å². The summed E-state index contributed by atoms with van der Waals surface area (Å²) < 4.78 is 77.0. The zero-order chi connectivity index (χ0) is 20.6. The number of rotatable bonds is 3. The average molecular weight is 432 g/mol. The molecular weight excluding hydrogens is 423 g/mol. The third-order valence-corrected chi connectivity index (χ3v) is 4.20. The molecule has 146 valence electrons. The Morgan fingerprint density at radius 2 is 1.30 bits per heavy atom. The van der Waals surface area contributed by atoms with E-state index in [2.05, 4.69) is 5.32 Å². The summed E-state index contributed by atoms with van der Waals surface area (Å²) in [6.45, 7) is 0. The maximum absolute atomic E-state index is 12.8. The molecule has 0 fully saturated rings. The lowest BCUT2D eigenvalue weighted by Crippen LogP contribution is -2.53. The molecule has 0 saturated carbocycles. The van der Waals surface area contributed by atoms with Gasteiger partial charge in [0.15, 0.2) is 0 Å². The minimum absolute atomic E-state index is 0.000128. The summed E-state index contributed by atoms with van der Waals surface area (Å²) in [5, 5.41) is 11.6. The Hall–Kier alpha value is -1.97. The lowest BCUT2D eigenvalue weighted by Gasteiger charge is -2.32. The second-order valence-corrected chi connectivity index (χ2v) is 6.15. The van der Waals surface area contributed by atoms with Crippen molar-refractivity contribution < 1.29 is 36.2 Å². The monoisotopic (exact) mass is 431 g/mol. The number of carbonyl (C=O) groups is 1. The third-order valence-electron chi connectivity index (χ3n) is 3.57. The Bertz CT molecular complexity index is 815. The largest absolute Gasteiger partial charge is 0.430 e. The standard InChI is InChI=1S/C16H9Cl2F6NO2/c17-10-2-1-3-11(18)12(10)13(26)25-9-6-4-8(5-7-9)14(27,15(19,20)21)16(22,23)24/h1-7,27H,(H,25,26). The molecule has 1 amide bonds. The Labute approximate surface area is 158 Å². The van der Waals surface area contributed by atoms with Crippen LogP contribution < -0.4 is 5.32 Å². The molecular formula is C16H9Cl2F6NO2. The van der Waals surface area contributed by atoms with Gasteiger partial charge in [0.2, 0.25) is 0 Å². The highest BCUT2D eigenvalue weighted by molar-refractivity contribution is 6.40. The Kier molecular flexibility index (Phi) is 5.70. The maximum atomic E-state index is 12.8.